The van der Waals surface area contributed by atoms with Gasteiger partial charge in [0.2, 0.25) is 0 Å². The summed E-state index contributed by atoms with van der Waals surface area (Å²) in [5.74, 6) is 0.612. The molecule has 2 heterocycles. The first-order valence-electron chi connectivity index (χ1n) is 7.54. The topological polar surface area (TPSA) is 46.9 Å². The highest BCUT2D eigenvalue weighted by Gasteiger charge is 2.19. The Morgan fingerprint density at radius 1 is 1.21 bits per heavy atom. The molecule has 0 atom stereocenters. The lowest BCUT2D eigenvalue weighted by atomic mass is 10.1. The zero-order valence-corrected chi connectivity index (χ0v) is 16.4. The highest BCUT2D eigenvalue weighted by Crippen LogP contribution is 2.32. The minimum atomic E-state index is -0.0989. The number of nitrogens with zero attached hydrogens (tertiary/aromatic N) is 2. The van der Waals surface area contributed by atoms with Crippen LogP contribution in [0.1, 0.15) is 25.8 Å². The largest absolute Gasteiger partial charge is 0.306 e. The van der Waals surface area contributed by atoms with E-state index in [9.17, 15) is 4.79 Å². The molecule has 0 aliphatic carbocycles. The lowest BCUT2D eigenvalue weighted by Crippen LogP contribution is -2.15. The first-order chi connectivity index (χ1) is 11.4. The van der Waals surface area contributed by atoms with E-state index in [1.54, 1.807) is 16.0 Å². The molecule has 1 aromatic carbocycles. The first kappa shape index (κ1) is 16.9. The average molecular weight is 404 g/mol. The normalized spacial score (nSPS) is 10.9. The number of aromatic nitrogens is 2. The van der Waals surface area contributed by atoms with Crippen molar-refractivity contribution in [1.29, 1.82) is 0 Å². The van der Waals surface area contributed by atoms with Gasteiger partial charge in [-0.3, -0.25) is 9.48 Å². The highest BCUT2D eigenvalue weighted by molar-refractivity contribution is 9.10. The van der Waals surface area contributed by atoms with Crippen LogP contribution in [0, 0.1) is 20.8 Å². The van der Waals surface area contributed by atoms with Crippen LogP contribution in [0.3, 0.4) is 0 Å². The Morgan fingerprint density at radius 3 is 2.46 bits per heavy atom. The van der Waals surface area contributed by atoms with Gasteiger partial charge in [-0.15, -0.1) is 11.3 Å². The quantitative estimate of drug-likeness (QED) is 0.661. The predicted molar refractivity (Wildman–Crippen MR) is 103 cm³/mol. The van der Waals surface area contributed by atoms with Crippen LogP contribution in [0.4, 0.5) is 5.82 Å². The number of amides is 1. The molecule has 3 aromatic rings. The molecule has 1 amide bonds. The third-order valence-electron chi connectivity index (χ3n) is 3.87. The highest BCUT2D eigenvalue weighted by atomic mass is 79.9. The summed E-state index contributed by atoms with van der Waals surface area (Å²) in [6, 6.07) is 9.94. The third-order valence-corrected chi connectivity index (χ3v) is 5.37. The van der Waals surface area contributed by atoms with Crippen LogP contribution >= 0.6 is 27.3 Å². The van der Waals surface area contributed by atoms with E-state index in [1.165, 1.54) is 0 Å². The fraction of sp³-hybridized carbons (Fsp3) is 0.222. The molecule has 124 valence electrons. The zero-order valence-electron chi connectivity index (χ0n) is 14.0. The van der Waals surface area contributed by atoms with Gasteiger partial charge < -0.3 is 5.32 Å². The van der Waals surface area contributed by atoms with Crippen LogP contribution in [0.25, 0.3) is 11.1 Å². The van der Waals surface area contributed by atoms with E-state index in [-0.39, 0.29) is 5.91 Å². The van der Waals surface area contributed by atoms with Gasteiger partial charge in [0.25, 0.3) is 5.91 Å². The number of nitrogens with one attached hydrogen (secondary N) is 1. The molecule has 0 spiro atoms. The number of carbonyl (C=O) groups excluding carboxylic acids is 1. The van der Waals surface area contributed by atoms with E-state index in [2.05, 4.69) is 26.3 Å². The van der Waals surface area contributed by atoms with E-state index >= 15 is 0 Å². The maximum absolute atomic E-state index is 12.7. The maximum Gasteiger partial charge on any atom is 0.257 e. The van der Waals surface area contributed by atoms with Gasteiger partial charge in [0.1, 0.15) is 5.82 Å². The van der Waals surface area contributed by atoms with Crippen LogP contribution in [-0.2, 0) is 7.05 Å². The SMILES string of the molecule is Cc1cc(C(=O)Nc2c(-c3ccc(Br)cc3)c(C)nn2C)c(C)s1. The van der Waals surface area contributed by atoms with Crippen molar-refractivity contribution >= 4 is 39.0 Å². The van der Waals surface area contributed by atoms with Gasteiger partial charge >= 0.3 is 0 Å². The van der Waals surface area contributed by atoms with Crippen molar-refractivity contribution in [2.45, 2.75) is 20.8 Å². The second-order valence-corrected chi connectivity index (χ2v) is 8.10. The molecule has 0 saturated heterocycles. The van der Waals surface area contributed by atoms with Crippen molar-refractivity contribution in [3.8, 4) is 11.1 Å². The lowest BCUT2D eigenvalue weighted by Gasteiger charge is -2.09. The van der Waals surface area contributed by atoms with Gasteiger partial charge in [-0.1, -0.05) is 28.1 Å². The van der Waals surface area contributed by atoms with Crippen molar-refractivity contribution in [1.82, 2.24) is 9.78 Å². The van der Waals surface area contributed by atoms with E-state index in [4.69, 9.17) is 0 Å². The predicted octanol–water partition coefficient (Wildman–Crippen LogP) is 5.09. The van der Waals surface area contributed by atoms with Crippen molar-refractivity contribution in [2.24, 2.45) is 7.05 Å². The van der Waals surface area contributed by atoms with E-state index in [0.717, 1.165) is 36.6 Å². The number of benzene rings is 1. The first-order valence-corrected chi connectivity index (χ1v) is 9.15. The molecule has 2 aromatic heterocycles. The Bertz CT molecular complexity index is 909. The zero-order chi connectivity index (χ0) is 17.4. The summed E-state index contributed by atoms with van der Waals surface area (Å²) in [4.78, 5) is 14.8. The number of anilines is 1. The van der Waals surface area contributed by atoms with Gasteiger partial charge in [0.05, 0.1) is 11.3 Å². The Morgan fingerprint density at radius 2 is 1.88 bits per heavy atom. The molecule has 6 heteroatoms. The summed E-state index contributed by atoms with van der Waals surface area (Å²) >= 11 is 5.08. The number of hydrogen-bond donors (Lipinski definition) is 1. The molecule has 0 aliphatic rings. The van der Waals surface area contributed by atoms with Crippen molar-refractivity contribution < 1.29 is 4.79 Å². The summed E-state index contributed by atoms with van der Waals surface area (Å²) in [6.45, 7) is 5.93. The molecule has 24 heavy (non-hydrogen) atoms. The van der Waals surface area contributed by atoms with Crippen LogP contribution < -0.4 is 5.32 Å². The Kier molecular flexibility index (Phi) is 4.60. The molecule has 0 aliphatic heterocycles. The number of aryl methyl sites for hydroxylation is 4. The minimum Gasteiger partial charge on any atom is -0.306 e. The second kappa shape index (κ2) is 6.53. The number of halogens is 1. The molecule has 0 bridgehead atoms. The number of hydrogen-bond acceptors (Lipinski definition) is 3. The van der Waals surface area contributed by atoms with Crippen molar-refractivity contribution in [3.05, 3.63) is 55.8 Å². The maximum atomic E-state index is 12.7. The van der Waals surface area contributed by atoms with Crippen LogP contribution in [-0.4, -0.2) is 15.7 Å². The summed E-state index contributed by atoms with van der Waals surface area (Å²) in [7, 11) is 1.84. The van der Waals surface area contributed by atoms with Crippen LogP contribution in [0.15, 0.2) is 34.8 Å². The van der Waals surface area contributed by atoms with Gasteiger partial charge in [0.15, 0.2) is 0 Å². The second-order valence-electron chi connectivity index (χ2n) is 5.72. The van der Waals surface area contributed by atoms with Gasteiger partial charge in [-0.25, -0.2) is 0 Å². The summed E-state index contributed by atoms with van der Waals surface area (Å²) in [5, 5.41) is 7.52. The Labute approximate surface area is 153 Å². The molecular weight excluding hydrogens is 386 g/mol. The fourth-order valence-electron chi connectivity index (χ4n) is 2.79. The van der Waals surface area contributed by atoms with Crippen LogP contribution in [0.2, 0.25) is 0 Å². The molecule has 0 radical (unpaired) electrons. The molecule has 4 nitrogen and oxygen atoms in total. The van der Waals surface area contributed by atoms with Crippen molar-refractivity contribution in [3.63, 3.8) is 0 Å². The minimum absolute atomic E-state index is 0.0989. The van der Waals surface area contributed by atoms with Crippen LogP contribution in [0.5, 0.6) is 0 Å². The molecule has 1 N–H and O–H groups in total. The summed E-state index contributed by atoms with van der Waals surface area (Å²) in [6.07, 6.45) is 0. The standard InChI is InChI=1S/C18H18BrN3OS/c1-10-9-15(12(3)24-10)18(23)20-17-16(11(2)21-22(17)4)13-5-7-14(19)8-6-13/h5-9H,1-4H3,(H,20,23). The Balaban J connectivity index is 2.01. The number of thiophene rings is 1. The molecule has 0 unspecified atom stereocenters. The summed E-state index contributed by atoms with van der Waals surface area (Å²) < 4.78 is 2.74. The smallest absolute Gasteiger partial charge is 0.257 e. The monoisotopic (exact) mass is 403 g/mol. The van der Waals surface area contributed by atoms with Crippen molar-refractivity contribution in [2.75, 3.05) is 5.32 Å². The summed E-state index contributed by atoms with van der Waals surface area (Å²) in [5.41, 5.74) is 3.58. The van der Waals surface area contributed by atoms with E-state index in [1.807, 2.05) is 58.2 Å². The third kappa shape index (κ3) is 3.16. The van der Waals surface area contributed by atoms with E-state index in [0.29, 0.717) is 5.82 Å². The van der Waals surface area contributed by atoms with E-state index < -0.39 is 0 Å². The molecular formula is C18H18BrN3OS. The number of carbonyl (C=O) groups is 1. The molecule has 0 fully saturated rings. The average Bonchev–Trinajstić information content (AvgIpc) is 2.99. The van der Waals surface area contributed by atoms with Gasteiger partial charge in [-0.2, -0.15) is 5.10 Å². The van der Waals surface area contributed by atoms with Gasteiger partial charge in [-0.05, 0) is 44.5 Å². The van der Waals surface area contributed by atoms with Gasteiger partial charge in [0, 0.05) is 26.8 Å². The lowest BCUT2D eigenvalue weighted by molar-refractivity contribution is 0.102. The number of rotatable bonds is 3. The fourth-order valence-corrected chi connectivity index (χ4v) is 3.98. The molecule has 0 saturated carbocycles. The Hall–Kier alpha value is -1.92. The molecule has 3 rings (SSSR count).